The third-order valence-electron chi connectivity index (χ3n) is 2.94. The average molecular weight is 221 g/mol. The van der Waals surface area contributed by atoms with E-state index in [1.54, 1.807) is 7.11 Å². The number of rotatable bonds is 4. The van der Waals surface area contributed by atoms with Gasteiger partial charge in [0.05, 0.1) is 6.61 Å². The molecule has 1 aromatic carbocycles. The summed E-state index contributed by atoms with van der Waals surface area (Å²) in [6.07, 6.45) is 3.39. The smallest absolute Gasteiger partial charge is 0.120 e. The highest BCUT2D eigenvalue weighted by atomic mass is 16.5. The monoisotopic (exact) mass is 221 g/mol. The summed E-state index contributed by atoms with van der Waals surface area (Å²) in [6.45, 7) is 0.626. The van der Waals surface area contributed by atoms with Crippen molar-refractivity contribution in [3.63, 3.8) is 0 Å². The predicted octanol–water partition coefficient (Wildman–Crippen LogP) is 2.09. The molecular weight excluding hydrogens is 202 g/mol. The lowest BCUT2D eigenvalue weighted by atomic mass is 10.2. The lowest BCUT2D eigenvalue weighted by Crippen LogP contribution is -2.19. The van der Waals surface area contributed by atoms with Gasteiger partial charge < -0.3 is 15.2 Å². The van der Waals surface area contributed by atoms with Gasteiger partial charge in [-0.05, 0) is 37.0 Å². The minimum atomic E-state index is 0.285. The molecule has 0 bridgehead atoms. The molecule has 1 aliphatic rings. The summed E-state index contributed by atoms with van der Waals surface area (Å²) in [4.78, 5) is 0. The van der Waals surface area contributed by atoms with Gasteiger partial charge in [0.2, 0.25) is 0 Å². The molecule has 2 atom stereocenters. The first-order valence-corrected chi connectivity index (χ1v) is 5.78. The molecule has 0 amide bonds. The van der Waals surface area contributed by atoms with E-state index in [1.165, 1.54) is 0 Å². The summed E-state index contributed by atoms with van der Waals surface area (Å²) in [5.74, 6) is 0.925. The Labute approximate surface area is 96.5 Å². The normalized spacial score (nSPS) is 24.6. The minimum absolute atomic E-state index is 0.285. The Morgan fingerprint density at radius 1 is 1.38 bits per heavy atom. The van der Waals surface area contributed by atoms with Gasteiger partial charge in [0.25, 0.3) is 0 Å². The molecule has 1 aromatic rings. The van der Waals surface area contributed by atoms with Crippen LogP contribution in [0.4, 0.5) is 0 Å². The van der Waals surface area contributed by atoms with E-state index in [4.69, 9.17) is 15.2 Å². The van der Waals surface area contributed by atoms with E-state index in [-0.39, 0.29) is 6.10 Å². The number of ether oxygens (including phenoxy) is 2. The summed E-state index contributed by atoms with van der Waals surface area (Å²) in [7, 11) is 1.70. The van der Waals surface area contributed by atoms with Gasteiger partial charge in [-0.15, -0.1) is 0 Å². The van der Waals surface area contributed by atoms with E-state index in [9.17, 15) is 0 Å². The lowest BCUT2D eigenvalue weighted by Gasteiger charge is -2.14. The van der Waals surface area contributed by atoms with Crippen LogP contribution in [-0.4, -0.2) is 19.3 Å². The zero-order valence-electron chi connectivity index (χ0n) is 9.69. The maximum Gasteiger partial charge on any atom is 0.120 e. The van der Waals surface area contributed by atoms with Crippen molar-refractivity contribution < 1.29 is 9.47 Å². The van der Waals surface area contributed by atoms with Crippen LogP contribution in [0.3, 0.4) is 0 Å². The van der Waals surface area contributed by atoms with Gasteiger partial charge in [0, 0.05) is 13.2 Å². The predicted molar refractivity (Wildman–Crippen MR) is 63.4 cm³/mol. The van der Waals surface area contributed by atoms with Crippen molar-refractivity contribution in [3.8, 4) is 5.75 Å². The molecule has 0 saturated heterocycles. The molecule has 0 radical (unpaired) electrons. The standard InChI is InChI=1S/C13H19NO2/c1-15-9-10-3-2-4-12(7-10)16-13-6-5-11(14)8-13/h2-4,7,11,13H,5-6,8-9,14H2,1H3. The Morgan fingerprint density at radius 2 is 2.25 bits per heavy atom. The second-order valence-electron chi connectivity index (χ2n) is 4.39. The van der Waals surface area contributed by atoms with Crippen LogP contribution in [0, 0.1) is 0 Å². The van der Waals surface area contributed by atoms with Gasteiger partial charge in [-0.2, -0.15) is 0 Å². The zero-order valence-corrected chi connectivity index (χ0v) is 9.69. The van der Waals surface area contributed by atoms with Crippen molar-refractivity contribution in [3.05, 3.63) is 29.8 Å². The summed E-state index contributed by atoms with van der Waals surface area (Å²) >= 11 is 0. The van der Waals surface area contributed by atoms with Crippen molar-refractivity contribution >= 4 is 0 Å². The SMILES string of the molecule is COCc1cccc(OC2CCC(N)C2)c1. The van der Waals surface area contributed by atoms with Crippen LogP contribution in [-0.2, 0) is 11.3 Å². The third-order valence-corrected chi connectivity index (χ3v) is 2.94. The van der Waals surface area contributed by atoms with Crippen molar-refractivity contribution in [1.29, 1.82) is 0 Å². The fraction of sp³-hybridized carbons (Fsp3) is 0.538. The first-order chi connectivity index (χ1) is 7.78. The van der Waals surface area contributed by atoms with Crippen LogP contribution in [0.15, 0.2) is 24.3 Å². The zero-order chi connectivity index (χ0) is 11.4. The Hall–Kier alpha value is -1.06. The van der Waals surface area contributed by atoms with Crippen LogP contribution < -0.4 is 10.5 Å². The highest BCUT2D eigenvalue weighted by Gasteiger charge is 2.23. The van der Waals surface area contributed by atoms with Crippen molar-refractivity contribution in [2.45, 2.75) is 38.0 Å². The van der Waals surface area contributed by atoms with Crippen LogP contribution in [0.25, 0.3) is 0 Å². The molecule has 2 N–H and O–H groups in total. The van der Waals surface area contributed by atoms with Crippen LogP contribution >= 0.6 is 0 Å². The van der Waals surface area contributed by atoms with Gasteiger partial charge in [0.1, 0.15) is 11.9 Å². The fourth-order valence-corrected chi connectivity index (χ4v) is 2.15. The van der Waals surface area contributed by atoms with E-state index >= 15 is 0 Å². The maximum atomic E-state index is 5.90. The summed E-state index contributed by atoms with van der Waals surface area (Å²) in [5.41, 5.74) is 7.00. The van der Waals surface area contributed by atoms with Crippen LogP contribution in [0.2, 0.25) is 0 Å². The van der Waals surface area contributed by atoms with Gasteiger partial charge >= 0.3 is 0 Å². The molecule has 2 rings (SSSR count). The molecule has 1 aliphatic carbocycles. The molecule has 3 heteroatoms. The molecule has 16 heavy (non-hydrogen) atoms. The van der Waals surface area contributed by atoms with E-state index in [0.29, 0.717) is 12.6 Å². The van der Waals surface area contributed by atoms with Crippen molar-refractivity contribution in [1.82, 2.24) is 0 Å². The highest BCUT2D eigenvalue weighted by molar-refractivity contribution is 5.28. The van der Waals surface area contributed by atoms with Crippen molar-refractivity contribution in [2.75, 3.05) is 7.11 Å². The van der Waals surface area contributed by atoms with Crippen LogP contribution in [0.1, 0.15) is 24.8 Å². The quantitative estimate of drug-likeness (QED) is 0.846. The Kier molecular flexibility index (Phi) is 3.80. The summed E-state index contributed by atoms with van der Waals surface area (Å²) in [5, 5.41) is 0. The van der Waals surface area contributed by atoms with Crippen molar-refractivity contribution in [2.24, 2.45) is 5.73 Å². The first kappa shape index (κ1) is 11.4. The minimum Gasteiger partial charge on any atom is -0.490 e. The summed E-state index contributed by atoms with van der Waals surface area (Å²) in [6, 6.07) is 8.37. The van der Waals surface area contributed by atoms with Gasteiger partial charge in [-0.25, -0.2) is 0 Å². The van der Waals surface area contributed by atoms with Gasteiger partial charge in [0.15, 0.2) is 0 Å². The molecule has 1 fully saturated rings. The Morgan fingerprint density at radius 3 is 2.94 bits per heavy atom. The molecule has 0 aliphatic heterocycles. The molecular formula is C13H19NO2. The molecule has 2 unspecified atom stereocenters. The molecule has 0 heterocycles. The van der Waals surface area contributed by atoms with E-state index in [1.807, 2.05) is 24.3 Å². The molecule has 1 saturated carbocycles. The first-order valence-electron chi connectivity index (χ1n) is 5.78. The average Bonchev–Trinajstić information content (AvgIpc) is 2.65. The van der Waals surface area contributed by atoms with E-state index in [0.717, 1.165) is 30.6 Å². The molecule has 3 nitrogen and oxygen atoms in total. The van der Waals surface area contributed by atoms with Gasteiger partial charge in [-0.3, -0.25) is 0 Å². The second kappa shape index (κ2) is 5.32. The largest absolute Gasteiger partial charge is 0.490 e. The lowest BCUT2D eigenvalue weighted by molar-refractivity contribution is 0.182. The molecule has 0 aromatic heterocycles. The van der Waals surface area contributed by atoms with Crippen LogP contribution in [0.5, 0.6) is 5.75 Å². The molecule has 88 valence electrons. The molecule has 0 spiro atoms. The van der Waals surface area contributed by atoms with E-state index < -0.39 is 0 Å². The third kappa shape index (κ3) is 2.97. The number of benzene rings is 1. The Bertz CT molecular complexity index is 340. The number of methoxy groups -OCH3 is 1. The number of hydrogen-bond donors (Lipinski definition) is 1. The fourth-order valence-electron chi connectivity index (χ4n) is 2.15. The number of hydrogen-bond acceptors (Lipinski definition) is 3. The Balaban J connectivity index is 1.95. The van der Waals surface area contributed by atoms with E-state index in [2.05, 4.69) is 0 Å². The maximum absolute atomic E-state index is 5.90. The topological polar surface area (TPSA) is 44.5 Å². The number of nitrogens with two attached hydrogens (primary N) is 1. The second-order valence-corrected chi connectivity index (χ2v) is 4.39. The highest BCUT2D eigenvalue weighted by Crippen LogP contribution is 2.24. The van der Waals surface area contributed by atoms with Gasteiger partial charge in [-0.1, -0.05) is 12.1 Å². The summed E-state index contributed by atoms with van der Waals surface area (Å²) < 4.78 is 11.0.